The fourth-order valence-electron chi connectivity index (χ4n) is 3.07. The molecule has 3 rings (SSSR count). The lowest BCUT2D eigenvalue weighted by Crippen LogP contribution is -2.54. The Morgan fingerprint density at radius 1 is 1.29 bits per heavy atom. The van der Waals surface area contributed by atoms with E-state index in [-0.39, 0.29) is 5.41 Å². The molecular formula is C15H19NO. The first kappa shape index (κ1) is 10.8. The fourth-order valence-corrected chi connectivity index (χ4v) is 3.07. The third-order valence-electron chi connectivity index (χ3n) is 4.40. The van der Waals surface area contributed by atoms with Gasteiger partial charge in [0, 0.05) is 17.3 Å². The molecule has 1 fully saturated rings. The Balaban J connectivity index is 1.95. The Kier molecular flexibility index (Phi) is 2.30. The van der Waals surface area contributed by atoms with Gasteiger partial charge in [0.2, 0.25) is 0 Å². The van der Waals surface area contributed by atoms with Gasteiger partial charge in [-0.1, -0.05) is 32.0 Å². The van der Waals surface area contributed by atoms with E-state index in [2.05, 4.69) is 37.4 Å². The van der Waals surface area contributed by atoms with E-state index in [0.29, 0.717) is 12.0 Å². The molecule has 2 atom stereocenters. The van der Waals surface area contributed by atoms with Crippen LogP contribution in [0.3, 0.4) is 0 Å². The Morgan fingerprint density at radius 3 is 2.71 bits per heavy atom. The van der Waals surface area contributed by atoms with Crippen molar-refractivity contribution in [2.24, 2.45) is 5.41 Å². The van der Waals surface area contributed by atoms with Crippen molar-refractivity contribution in [1.29, 1.82) is 0 Å². The van der Waals surface area contributed by atoms with Crippen LogP contribution in [0.5, 0.6) is 0 Å². The zero-order valence-corrected chi connectivity index (χ0v) is 10.7. The van der Waals surface area contributed by atoms with Gasteiger partial charge in [0.15, 0.2) is 0 Å². The van der Waals surface area contributed by atoms with Crippen LogP contribution in [-0.2, 0) is 0 Å². The van der Waals surface area contributed by atoms with Crippen LogP contribution in [0.1, 0.15) is 31.9 Å². The van der Waals surface area contributed by atoms with Gasteiger partial charge in [-0.05, 0) is 31.0 Å². The largest absolute Gasteiger partial charge is 0.461 e. The monoisotopic (exact) mass is 229 g/mol. The zero-order chi connectivity index (χ0) is 12.0. The molecule has 0 spiro atoms. The summed E-state index contributed by atoms with van der Waals surface area (Å²) in [7, 11) is 2.04. The quantitative estimate of drug-likeness (QED) is 0.852. The maximum absolute atomic E-state index is 5.97. The molecule has 90 valence electrons. The number of para-hydroxylation sites is 1. The average molecular weight is 229 g/mol. The first-order valence-corrected chi connectivity index (χ1v) is 6.28. The maximum Gasteiger partial charge on any atom is 0.134 e. The van der Waals surface area contributed by atoms with E-state index in [4.69, 9.17) is 4.42 Å². The molecule has 1 aliphatic rings. The molecule has 1 saturated carbocycles. The first-order valence-electron chi connectivity index (χ1n) is 6.28. The lowest BCUT2D eigenvalue weighted by Gasteiger charge is -2.51. The number of fused-ring (bicyclic) bond motifs is 1. The molecule has 0 bridgehead atoms. The van der Waals surface area contributed by atoms with E-state index >= 15 is 0 Å². The summed E-state index contributed by atoms with van der Waals surface area (Å²) in [4.78, 5) is 0. The molecule has 2 aromatic rings. The third-order valence-corrected chi connectivity index (χ3v) is 4.40. The van der Waals surface area contributed by atoms with Gasteiger partial charge in [0.05, 0.1) is 0 Å². The van der Waals surface area contributed by atoms with Crippen LogP contribution in [0, 0.1) is 5.41 Å². The van der Waals surface area contributed by atoms with Crippen molar-refractivity contribution >= 4 is 11.0 Å². The number of hydrogen-bond donors (Lipinski definition) is 1. The van der Waals surface area contributed by atoms with E-state index < -0.39 is 0 Å². The summed E-state index contributed by atoms with van der Waals surface area (Å²) >= 11 is 0. The van der Waals surface area contributed by atoms with Crippen LogP contribution in [0.4, 0.5) is 0 Å². The van der Waals surface area contributed by atoms with Gasteiger partial charge < -0.3 is 9.73 Å². The minimum Gasteiger partial charge on any atom is -0.461 e. The highest BCUT2D eigenvalue weighted by molar-refractivity contribution is 5.77. The average Bonchev–Trinajstić information content (AvgIpc) is 2.71. The van der Waals surface area contributed by atoms with Gasteiger partial charge >= 0.3 is 0 Å². The van der Waals surface area contributed by atoms with Crippen LogP contribution in [0.2, 0.25) is 0 Å². The van der Waals surface area contributed by atoms with Crippen LogP contribution in [0.25, 0.3) is 11.0 Å². The Labute approximate surface area is 102 Å². The standard InChI is InChI=1S/C15H19NO/c1-15(2)11(9-14(15)16-3)13-8-10-6-4-5-7-12(10)17-13/h4-8,11,14,16H,9H2,1-3H3. The molecule has 1 aromatic carbocycles. The van der Waals surface area contributed by atoms with Crippen molar-refractivity contribution in [1.82, 2.24) is 5.32 Å². The Hall–Kier alpha value is -1.28. The van der Waals surface area contributed by atoms with E-state index in [1.54, 1.807) is 0 Å². The van der Waals surface area contributed by atoms with Crippen molar-refractivity contribution < 1.29 is 4.42 Å². The van der Waals surface area contributed by atoms with E-state index in [1.165, 1.54) is 11.8 Å². The number of nitrogens with one attached hydrogen (secondary N) is 1. The minimum absolute atomic E-state index is 0.280. The summed E-state index contributed by atoms with van der Waals surface area (Å²) in [6, 6.07) is 11.0. The second kappa shape index (κ2) is 3.61. The summed E-state index contributed by atoms with van der Waals surface area (Å²) < 4.78 is 5.97. The molecule has 1 aliphatic carbocycles. The van der Waals surface area contributed by atoms with Crippen molar-refractivity contribution in [3.8, 4) is 0 Å². The predicted octanol–water partition coefficient (Wildman–Crippen LogP) is 3.53. The molecule has 1 N–H and O–H groups in total. The molecule has 0 amide bonds. The predicted molar refractivity (Wildman–Crippen MR) is 70.2 cm³/mol. The number of rotatable bonds is 2. The van der Waals surface area contributed by atoms with Gasteiger partial charge in [0.1, 0.15) is 11.3 Å². The van der Waals surface area contributed by atoms with Gasteiger partial charge in [-0.15, -0.1) is 0 Å². The molecule has 0 radical (unpaired) electrons. The number of benzene rings is 1. The first-order chi connectivity index (χ1) is 8.13. The van der Waals surface area contributed by atoms with Crippen molar-refractivity contribution in [3.63, 3.8) is 0 Å². The van der Waals surface area contributed by atoms with Gasteiger partial charge in [-0.25, -0.2) is 0 Å². The molecule has 17 heavy (non-hydrogen) atoms. The topological polar surface area (TPSA) is 25.2 Å². The lowest BCUT2D eigenvalue weighted by atomic mass is 9.58. The van der Waals surface area contributed by atoms with Crippen LogP contribution in [0.15, 0.2) is 34.7 Å². The van der Waals surface area contributed by atoms with Gasteiger partial charge in [-0.2, -0.15) is 0 Å². The second-order valence-corrected chi connectivity index (χ2v) is 5.64. The summed E-state index contributed by atoms with van der Waals surface area (Å²) in [6.07, 6.45) is 1.17. The van der Waals surface area contributed by atoms with Crippen molar-refractivity contribution in [2.45, 2.75) is 32.2 Å². The van der Waals surface area contributed by atoms with Crippen molar-refractivity contribution in [2.75, 3.05) is 7.05 Å². The number of furan rings is 1. The SMILES string of the molecule is CNC1CC(c2cc3ccccc3o2)C1(C)C. The minimum atomic E-state index is 0.280. The maximum atomic E-state index is 5.97. The molecular weight excluding hydrogens is 210 g/mol. The highest BCUT2D eigenvalue weighted by Crippen LogP contribution is 2.53. The summed E-state index contributed by atoms with van der Waals surface area (Å²) in [5.41, 5.74) is 1.29. The normalized spacial score (nSPS) is 27.0. The molecule has 0 saturated heterocycles. The molecule has 0 aliphatic heterocycles. The second-order valence-electron chi connectivity index (χ2n) is 5.64. The van der Waals surface area contributed by atoms with E-state index in [9.17, 15) is 0 Å². The zero-order valence-electron chi connectivity index (χ0n) is 10.7. The van der Waals surface area contributed by atoms with Crippen molar-refractivity contribution in [3.05, 3.63) is 36.1 Å². The summed E-state index contributed by atoms with van der Waals surface area (Å²) in [5, 5.41) is 4.60. The third kappa shape index (κ3) is 1.51. The number of hydrogen-bond acceptors (Lipinski definition) is 2. The van der Waals surface area contributed by atoms with Crippen LogP contribution < -0.4 is 5.32 Å². The van der Waals surface area contributed by atoms with Gasteiger partial charge in [-0.3, -0.25) is 0 Å². The molecule has 2 unspecified atom stereocenters. The summed E-state index contributed by atoms with van der Waals surface area (Å²) in [5.74, 6) is 1.68. The van der Waals surface area contributed by atoms with E-state index in [1.807, 2.05) is 19.2 Å². The van der Waals surface area contributed by atoms with Crippen LogP contribution in [-0.4, -0.2) is 13.1 Å². The highest BCUT2D eigenvalue weighted by atomic mass is 16.3. The smallest absolute Gasteiger partial charge is 0.134 e. The molecule has 2 nitrogen and oxygen atoms in total. The molecule has 1 heterocycles. The fraction of sp³-hybridized carbons (Fsp3) is 0.467. The van der Waals surface area contributed by atoms with Crippen LogP contribution >= 0.6 is 0 Å². The lowest BCUT2D eigenvalue weighted by molar-refractivity contribution is 0.0620. The Bertz CT molecular complexity index is 508. The van der Waals surface area contributed by atoms with E-state index in [0.717, 1.165) is 11.3 Å². The highest BCUT2D eigenvalue weighted by Gasteiger charge is 2.49. The molecule has 2 heteroatoms. The van der Waals surface area contributed by atoms with Gasteiger partial charge in [0.25, 0.3) is 0 Å². The Morgan fingerprint density at radius 2 is 2.06 bits per heavy atom. The summed E-state index contributed by atoms with van der Waals surface area (Å²) in [6.45, 7) is 4.63. The molecule has 1 aromatic heterocycles.